The lowest BCUT2D eigenvalue weighted by molar-refractivity contribution is -0.118. The lowest BCUT2D eigenvalue weighted by atomic mass is 10.1. The minimum Gasteiger partial charge on any atom is -0.330 e. The third-order valence-corrected chi connectivity index (χ3v) is 5.20. The van der Waals surface area contributed by atoms with Crippen molar-refractivity contribution < 1.29 is 9.00 Å². The highest BCUT2D eigenvalue weighted by atomic mass is 32.2. The van der Waals surface area contributed by atoms with Gasteiger partial charge in [-0.2, -0.15) is 0 Å². The predicted octanol–water partition coefficient (Wildman–Crippen LogP) is 2.52. The normalized spacial score (nSPS) is 16.4. The zero-order chi connectivity index (χ0) is 16.2. The van der Waals surface area contributed by atoms with Crippen LogP contribution in [0.5, 0.6) is 0 Å². The lowest BCUT2D eigenvalue weighted by Gasteiger charge is -2.18. The third kappa shape index (κ3) is 4.08. The molecule has 1 aliphatic rings. The number of hydrogen-bond donors (Lipinski definition) is 2. The topological polar surface area (TPSA) is 87.2 Å². The molecule has 6 heteroatoms. The van der Waals surface area contributed by atoms with Crippen LogP contribution in [0.4, 0.5) is 5.69 Å². The van der Waals surface area contributed by atoms with E-state index in [4.69, 9.17) is 10.5 Å². The number of nitrogens with zero attached hydrogens (tertiary/aromatic N) is 1. The summed E-state index contributed by atoms with van der Waals surface area (Å²) in [5.74, 6) is 0.122. The molecule has 1 aliphatic heterocycles. The van der Waals surface area contributed by atoms with Crippen LogP contribution in [0.2, 0.25) is 0 Å². The minimum atomic E-state index is -2.75. The Morgan fingerprint density at radius 3 is 2.73 bits per heavy atom. The largest absolute Gasteiger partial charge is 0.330 e. The molecular weight excluding hydrogens is 298 g/mol. The van der Waals surface area contributed by atoms with Crippen molar-refractivity contribution in [2.75, 3.05) is 24.2 Å². The highest BCUT2D eigenvalue weighted by molar-refractivity contribution is 7.91. The number of carbonyl (C=O) groups is 1. The molecule has 0 fully saturated rings. The second kappa shape index (κ2) is 7.24. The van der Waals surface area contributed by atoms with E-state index in [0.717, 1.165) is 43.4 Å². The van der Waals surface area contributed by atoms with Crippen molar-refractivity contribution in [2.45, 2.75) is 43.4 Å². The van der Waals surface area contributed by atoms with E-state index in [1.807, 2.05) is 6.07 Å². The molecule has 22 heavy (non-hydrogen) atoms. The van der Waals surface area contributed by atoms with Crippen LogP contribution < -0.4 is 10.6 Å². The van der Waals surface area contributed by atoms with E-state index in [1.165, 1.54) is 6.26 Å². The molecule has 0 bridgehead atoms. The van der Waals surface area contributed by atoms with Crippen LogP contribution in [0.25, 0.3) is 0 Å². The predicted molar refractivity (Wildman–Crippen MR) is 89.7 cm³/mol. The van der Waals surface area contributed by atoms with Crippen LogP contribution in [0.15, 0.2) is 23.1 Å². The monoisotopic (exact) mass is 323 g/mol. The molecule has 0 saturated heterocycles. The number of unbranched alkanes of at least 4 members (excludes halogenated alkanes) is 3. The van der Waals surface area contributed by atoms with Gasteiger partial charge in [-0.3, -0.25) is 4.79 Å². The van der Waals surface area contributed by atoms with Crippen molar-refractivity contribution in [3.05, 3.63) is 23.8 Å². The summed E-state index contributed by atoms with van der Waals surface area (Å²) in [7, 11) is -2.75. The van der Waals surface area contributed by atoms with Crippen molar-refractivity contribution in [3.8, 4) is 0 Å². The van der Waals surface area contributed by atoms with Crippen molar-refractivity contribution in [1.29, 1.82) is 4.78 Å². The fraction of sp³-hybridized carbons (Fsp3) is 0.562. The molecule has 1 aromatic carbocycles. The van der Waals surface area contributed by atoms with Crippen molar-refractivity contribution in [3.63, 3.8) is 0 Å². The Hall–Kier alpha value is -1.40. The molecule has 0 aromatic heterocycles. The molecule has 1 atom stereocenters. The molecule has 5 nitrogen and oxygen atoms in total. The fourth-order valence-electron chi connectivity index (χ4n) is 2.77. The molecule has 0 radical (unpaired) electrons. The van der Waals surface area contributed by atoms with Gasteiger partial charge in [0.05, 0.1) is 9.73 Å². The number of nitrogens with two attached hydrogens (primary N) is 1. The molecular formula is C16H25N3O2S. The first-order chi connectivity index (χ1) is 10.4. The van der Waals surface area contributed by atoms with Gasteiger partial charge in [-0.15, -0.1) is 0 Å². The van der Waals surface area contributed by atoms with E-state index in [9.17, 15) is 9.00 Å². The molecule has 0 saturated carbocycles. The average molecular weight is 323 g/mol. The Morgan fingerprint density at radius 1 is 1.32 bits per heavy atom. The van der Waals surface area contributed by atoms with Crippen LogP contribution in [-0.4, -0.2) is 29.5 Å². The second-order valence-corrected chi connectivity index (χ2v) is 8.04. The van der Waals surface area contributed by atoms with Gasteiger partial charge in [0.25, 0.3) is 0 Å². The molecule has 3 N–H and O–H groups in total. The van der Waals surface area contributed by atoms with Gasteiger partial charge in [0, 0.05) is 29.8 Å². The van der Waals surface area contributed by atoms with Crippen molar-refractivity contribution in [2.24, 2.45) is 5.73 Å². The summed E-state index contributed by atoms with van der Waals surface area (Å²) in [5, 5.41) is 0. The van der Waals surface area contributed by atoms with Crippen molar-refractivity contribution >= 4 is 21.3 Å². The van der Waals surface area contributed by atoms with Crippen LogP contribution in [-0.2, 0) is 20.9 Å². The highest BCUT2D eigenvalue weighted by Crippen LogP contribution is 2.31. The van der Waals surface area contributed by atoms with Crippen LogP contribution >= 0.6 is 0 Å². The van der Waals surface area contributed by atoms with E-state index in [2.05, 4.69) is 0 Å². The summed E-state index contributed by atoms with van der Waals surface area (Å²) in [5.41, 5.74) is 7.40. The van der Waals surface area contributed by atoms with E-state index in [0.29, 0.717) is 24.4 Å². The Balaban J connectivity index is 2.02. The molecule has 1 unspecified atom stereocenters. The average Bonchev–Trinajstić information content (AvgIpc) is 2.89. The summed E-state index contributed by atoms with van der Waals surface area (Å²) in [4.78, 5) is 14.7. The minimum absolute atomic E-state index is 0.122. The second-order valence-electron chi connectivity index (χ2n) is 5.88. The summed E-state index contributed by atoms with van der Waals surface area (Å²) in [6, 6.07) is 5.40. The SMILES string of the molecule is CS(=N)(=O)c1ccc2c(c1)N(C(=O)CCCCCCN)CC2. The maximum Gasteiger partial charge on any atom is 0.226 e. The Kier molecular flexibility index (Phi) is 5.58. The first kappa shape index (κ1) is 17.0. The Labute approximate surface area is 132 Å². The third-order valence-electron chi connectivity index (χ3n) is 4.05. The zero-order valence-electron chi connectivity index (χ0n) is 13.1. The van der Waals surface area contributed by atoms with E-state index < -0.39 is 9.73 Å². The smallest absolute Gasteiger partial charge is 0.226 e. The molecule has 1 heterocycles. The molecule has 1 amide bonds. The number of nitrogens with one attached hydrogen (secondary N) is 1. The summed E-state index contributed by atoms with van der Waals surface area (Å²) < 4.78 is 19.6. The van der Waals surface area contributed by atoms with E-state index in [-0.39, 0.29) is 5.91 Å². The summed E-state index contributed by atoms with van der Waals surface area (Å²) in [6.45, 7) is 1.39. The lowest BCUT2D eigenvalue weighted by Crippen LogP contribution is -2.28. The number of rotatable bonds is 7. The number of fused-ring (bicyclic) bond motifs is 1. The van der Waals surface area contributed by atoms with E-state index in [1.54, 1.807) is 17.0 Å². The molecule has 122 valence electrons. The van der Waals surface area contributed by atoms with Crippen LogP contribution in [0, 0.1) is 4.78 Å². The maximum absolute atomic E-state index is 12.4. The van der Waals surface area contributed by atoms with Crippen LogP contribution in [0.3, 0.4) is 0 Å². The van der Waals surface area contributed by atoms with Crippen LogP contribution in [0.1, 0.15) is 37.7 Å². The van der Waals surface area contributed by atoms with Gasteiger partial charge >= 0.3 is 0 Å². The first-order valence-corrected chi connectivity index (χ1v) is 9.77. The Bertz CT molecular complexity index is 641. The van der Waals surface area contributed by atoms with Gasteiger partial charge in [-0.25, -0.2) is 8.99 Å². The van der Waals surface area contributed by atoms with Gasteiger partial charge in [-0.1, -0.05) is 18.9 Å². The molecule has 0 spiro atoms. The zero-order valence-corrected chi connectivity index (χ0v) is 14.0. The first-order valence-electron chi connectivity index (χ1n) is 7.80. The molecule has 2 rings (SSSR count). The van der Waals surface area contributed by atoms with Crippen molar-refractivity contribution in [1.82, 2.24) is 0 Å². The Morgan fingerprint density at radius 2 is 2.05 bits per heavy atom. The standard InChI is InChI=1S/C16H25N3O2S/c1-22(18,21)14-8-7-13-9-11-19(15(13)12-14)16(20)6-4-2-3-5-10-17/h7-8,12,18H,2-6,9-11,17H2,1H3. The van der Waals surface area contributed by atoms with Gasteiger partial charge in [0.1, 0.15) is 0 Å². The fourth-order valence-corrected chi connectivity index (χ4v) is 3.43. The number of anilines is 1. The van der Waals surface area contributed by atoms with Gasteiger partial charge < -0.3 is 10.6 Å². The summed E-state index contributed by atoms with van der Waals surface area (Å²) in [6.07, 6.45) is 6.77. The van der Waals surface area contributed by atoms with Gasteiger partial charge in [0.15, 0.2) is 0 Å². The van der Waals surface area contributed by atoms with E-state index >= 15 is 0 Å². The molecule has 0 aliphatic carbocycles. The number of hydrogen-bond acceptors (Lipinski definition) is 4. The summed E-state index contributed by atoms with van der Waals surface area (Å²) >= 11 is 0. The molecule has 1 aromatic rings. The highest BCUT2D eigenvalue weighted by Gasteiger charge is 2.25. The number of carbonyl (C=O) groups excluding carboxylic acids is 1. The quantitative estimate of drug-likeness (QED) is 0.756. The maximum atomic E-state index is 12.4. The van der Waals surface area contributed by atoms with Gasteiger partial charge in [0.2, 0.25) is 5.91 Å². The number of amides is 1. The van der Waals surface area contributed by atoms with Gasteiger partial charge in [-0.05, 0) is 43.5 Å². The number of benzene rings is 1.